The highest BCUT2D eigenvalue weighted by molar-refractivity contribution is 5.79. The molecular formula is C16H22N2O3. The first-order valence-electron chi connectivity index (χ1n) is 7.30. The largest absolute Gasteiger partial charge is 0.392 e. The summed E-state index contributed by atoms with van der Waals surface area (Å²) in [5.74, 6) is 0.125. The van der Waals surface area contributed by atoms with E-state index in [1.807, 2.05) is 24.3 Å². The second-order valence-corrected chi connectivity index (χ2v) is 5.56. The molecule has 2 rings (SSSR count). The van der Waals surface area contributed by atoms with Gasteiger partial charge in [-0.15, -0.1) is 0 Å². The van der Waals surface area contributed by atoms with Crippen LogP contribution in [0.1, 0.15) is 30.4 Å². The Hall–Kier alpha value is -1.88. The average molecular weight is 290 g/mol. The van der Waals surface area contributed by atoms with Gasteiger partial charge in [0.2, 0.25) is 11.8 Å². The molecule has 0 aliphatic carbocycles. The van der Waals surface area contributed by atoms with Gasteiger partial charge in [-0.3, -0.25) is 9.59 Å². The molecule has 1 unspecified atom stereocenters. The molecule has 1 fully saturated rings. The van der Waals surface area contributed by atoms with Crippen LogP contribution in [-0.2, 0) is 22.6 Å². The number of hydrogen-bond acceptors (Lipinski definition) is 3. The summed E-state index contributed by atoms with van der Waals surface area (Å²) in [5.41, 5.74) is 1.76. The number of nitrogens with zero attached hydrogens (tertiary/aromatic N) is 1. The monoisotopic (exact) mass is 290 g/mol. The van der Waals surface area contributed by atoms with Gasteiger partial charge in [-0.05, 0) is 24.0 Å². The minimum absolute atomic E-state index is 0.0100. The highest BCUT2D eigenvalue weighted by atomic mass is 16.3. The third-order valence-electron chi connectivity index (χ3n) is 3.88. The predicted molar refractivity (Wildman–Crippen MR) is 79.5 cm³/mol. The third-order valence-corrected chi connectivity index (χ3v) is 3.88. The smallest absolute Gasteiger partial charge is 0.224 e. The van der Waals surface area contributed by atoms with Crippen LogP contribution in [0.2, 0.25) is 0 Å². The maximum Gasteiger partial charge on any atom is 0.224 e. The van der Waals surface area contributed by atoms with E-state index in [-0.39, 0.29) is 24.5 Å². The molecule has 5 nitrogen and oxygen atoms in total. The lowest BCUT2D eigenvalue weighted by Gasteiger charge is -2.16. The molecule has 1 aliphatic heterocycles. The van der Waals surface area contributed by atoms with E-state index in [1.54, 1.807) is 11.9 Å². The van der Waals surface area contributed by atoms with E-state index in [2.05, 4.69) is 5.32 Å². The number of aliphatic hydroxyl groups is 1. The zero-order valence-electron chi connectivity index (χ0n) is 12.3. The van der Waals surface area contributed by atoms with Crippen molar-refractivity contribution in [1.82, 2.24) is 10.2 Å². The Labute approximate surface area is 125 Å². The van der Waals surface area contributed by atoms with E-state index in [1.165, 1.54) is 0 Å². The molecule has 5 heteroatoms. The fraction of sp³-hybridized carbons (Fsp3) is 0.500. The third kappa shape index (κ3) is 4.56. The molecule has 0 saturated carbocycles. The molecule has 1 atom stereocenters. The van der Waals surface area contributed by atoms with Crippen molar-refractivity contribution in [3.8, 4) is 0 Å². The number of carbonyl (C=O) groups excluding carboxylic acids is 2. The minimum atomic E-state index is -0.0197. The van der Waals surface area contributed by atoms with E-state index in [0.29, 0.717) is 25.8 Å². The Morgan fingerprint density at radius 2 is 1.95 bits per heavy atom. The van der Waals surface area contributed by atoms with Crippen molar-refractivity contribution >= 4 is 11.8 Å². The molecule has 0 aromatic heterocycles. The van der Waals surface area contributed by atoms with Crippen LogP contribution in [0, 0.1) is 0 Å². The summed E-state index contributed by atoms with van der Waals surface area (Å²) in [6.45, 7) is 0.699. The lowest BCUT2D eigenvalue weighted by Crippen LogP contribution is -2.36. The van der Waals surface area contributed by atoms with E-state index < -0.39 is 0 Å². The molecule has 114 valence electrons. The van der Waals surface area contributed by atoms with Crippen LogP contribution >= 0.6 is 0 Å². The Balaban J connectivity index is 1.84. The molecule has 0 radical (unpaired) electrons. The molecule has 1 heterocycles. The van der Waals surface area contributed by atoms with Gasteiger partial charge in [0, 0.05) is 26.1 Å². The van der Waals surface area contributed by atoms with Crippen LogP contribution in [0.15, 0.2) is 24.3 Å². The van der Waals surface area contributed by atoms with E-state index in [9.17, 15) is 9.59 Å². The van der Waals surface area contributed by atoms with Gasteiger partial charge < -0.3 is 15.3 Å². The average Bonchev–Trinajstić information content (AvgIpc) is 2.64. The predicted octanol–water partition coefficient (Wildman–Crippen LogP) is 0.848. The fourth-order valence-electron chi connectivity index (χ4n) is 2.48. The first-order valence-corrected chi connectivity index (χ1v) is 7.30. The summed E-state index contributed by atoms with van der Waals surface area (Å²) in [5, 5.41) is 12.0. The van der Waals surface area contributed by atoms with Crippen molar-refractivity contribution in [2.24, 2.45) is 0 Å². The van der Waals surface area contributed by atoms with Gasteiger partial charge in [-0.25, -0.2) is 0 Å². The van der Waals surface area contributed by atoms with Gasteiger partial charge in [0.15, 0.2) is 0 Å². The van der Waals surface area contributed by atoms with Crippen molar-refractivity contribution in [3.63, 3.8) is 0 Å². The topological polar surface area (TPSA) is 69.6 Å². The number of rotatable bonds is 4. The zero-order valence-corrected chi connectivity index (χ0v) is 12.3. The van der Waals surface area contributed by atoms with Crippen molar-refractivity contribution in [1.29, 1.82) is 0 Å². The number of aliphatic hydroxyl groups excluding tert-OH is 1. The summed E-state index contributed by atoms with van der Waals surface area (Å²) in [4.78, 5) is 25.4. The standard InChI is InChI=1S/C16H22N2O3/c1-18-9-8-14(6-7-16(18)21)17-15(20)10-12-2-4-13(11-19)5-3-12/h2-5,14,19H,6-11H2,1H3,(H,17,20). The molecule has 2 N–H and O–H groups in total. The van der Waals surface area contributed by atoms with E-state index in [4.69, 9.17) is 5.11 Å². The summed E-state index contributed by atoms with van der Waals surface area (Å²) < 4.78 is 0. The Morgan fingerprint density at radius 3 is 2.62 bits per heavy atom. The Kier molecular flexibility index (Phi) is 5.33. The molecule has 1 aromatic carbocycles. The second kappa shape index (κ2) is 7.22. The number of nitrogens with one attached hydrogen (secondary N) is 1. The number of hydrogen-bond donors (Lipinski definition) is 2. The molecule has 0 bridgehead atoms. The highest BCUT2D eigenvalue weighted by Gasteiger charge is 2.21. The number of amides is 2. The fourth-order valence-corrected chi connectivity index (χ4v) is 2.48. The molecule has 21 heavy (non-hydrogen) atoms. The quantitative estimate of drug-likeness (QED) is 0.863. The van der Waals surface area contributed by atoms with Gasteiger partial charge >= 0.3 is 0 Å². The maximum absolute atomic E-state index is 12.1. The number of carbonyl (C=O) groups is 2. The van der Waals surface area contributed by atoms with Crippen LogP contribution in [0.3, 0.4) is 0 Å². The molecule has 1 aromatic rings. The summed E-state index contributed by atoms with van der Waals surface area (Å²) in [6, 6.07) is 7.43. The zero-order chi connectivity index (χ0) is 15.2. The SMILES string of the molecule is CN1CCC(NC(=O)Cc2ccc(CO)cc2)CCC1=O. The first kappa shape index (κ1) is 15.5. The molecule has 2 amide bonds. The summed E-state index contributed by atoms with van der Waals surface area (Å²) >= 11 is 0. The van der Waals surface area contributed by atoms with E-state index in [0.717, 1.165) is 17.5 Å². The van der Waals surface area contributed by atoms with Gasteiger partial charge in [-0.1, -0.05) is 24.3 Å². The van der Waals surface area contributed by atoms with E-state index >= 15 is 0 Å². The van der Waals surface area contributed by atoms with Crippen LogP contribution < -0.4 is 5.32 Å². The Bertz CT molecular complexity index is 499. The van der Waals surface area contributed by atoms with Crippen molar-refractivity contribution in [3.05, 3.63) is 35.4 Å². The molecular weight excluding hydrogens is 268 g/mol. The summed E-state index contributed by atoms with van der Waals surface area (Å²) in [7, 11) is 1.80. The summed E-state index contributed by atoms with van der Waals surface area (Å²) in [6.07, 6.45) is 2.33. The minimum Gasteiger partial charge on any atom is -0.392 e. The molecule has 0 spiro atoms. The molecule has 1 aliphatic rings. The van der Waals surface area contributed by atoms with Gasteiger partial charge in [-0.2, -0.15) is 0 Å². The maximum atomic E-state index is 12.1. The normalized spacial score (nSPS) is 19.2. The van der Waals surface area contributed by atoms with Gasteiger partial charge in [0.25, 0.3) is 0 Å². The lowest BCUT2D eigenvalue weighted by molar-refractivity contribution is -0.129. The van der Waals surface area contributed by atoms with Crippen LogP contribution in [0.4, 0.5) is 0 Å². The number of benzene rings is 1. The van der Waals surface area contributed by atoms with Crippen molar-refractivity contribution in [2.75, 3.05) is 13.6 Å². The van der Waals surface area contributed by atoms with Crippen LogP contribution in [0.5, 0.6) is 0 Å². The molecule has 1 saturated heterocycles. The van der Waals surface area contributed by atoms with Crippen molar-refractivity contribution in [2.45, 2.75) is 38.3 Å². The number of likely N-dealkylation sites (tertiary alicyclic amines) is 1. The highest BCUT2D eigenvalue weighted by Crippen LogP contribution is 2.11. The first-order chi connectivity index (χ1) is 10.1. The lowest BCUT2D eigenvalue weighted by atomic mass is 10.1. The van der Waals surface area contributed by atoms with Crippen LogP contribution in [0.25, 0.3) is 0 Å². The van der Waals surface area contributed by atoms with Gasteiger partial charge in [0.1, 0.15) is 0 Å². The van der Waals surface area contributed by atoms with Crippen LogP contribution in [-0.4, -0.2) is 41.5 Å². The Morgan fingerprint density at radius 1 is 1.29 bits per heavy atom. The van der Waals surface area contributed by atoms with Gasteiger partial charge in [0.05, 0.1) is 13.0 Å². The second-order valence-electron chi connectivity index (χ2n) is 5.56. The van der Waals surface area contributed by atoms with Crippen molar-refractivity contribution < 1.29 is 14.7 Å².